The Morgan fingerprint density at radius 3 is 2.32 bits per heavy atom. The molecule has 4 fully saturated rings. The van der Waals surface area contributed by atoms with Crippen LogP contribution in [0, 0.1) is 57.7 Å². The van der Waals surface area contributed by atoms with Gasteiger partial charge in [-0.1, -0.05) is 66.5 Å². The summed E-state index contributed by atoms with van der Waals surface area (Å²) in [5, 5.41) is 0. The molecule has 0 heterocycles. The first-order valence-electron chi connectivity index (χ1n) is 14.2. The smallest absolute Gasteiger partial charge is 0.0241 e. The zero-order chi connectivity index (χ0) is 22.6. The van der Waals surface area contributed by atoms with Crippen molar-refractivity contribution >= 4 is 0 Å². The van der Waals surface area contributed by atoms with Crippen LogP contribution in [0.4, 0.5) is 0 Å². The Balaban J connectivity index is 1.49. The summed E-state index contributed by atoms with van der Waals surface area (Å²) in [6.45, 7) is 20.3. The molecule has 0 saturated heterocycles. The van der Waals surface area contributed by atoms with Crippen LogP contribution in [-0.4, -0.2) is 0 Å². The fraction of sp³-hybridized carbons (Fsp3) is 0.935. The molecule has 0 bridgehead atoms. The lowest BCUT2D eigenvalue weighted by atomic mass is 9.39. The molecular weight excluding hydrogens is 372 g/mol. The fourth-order valence-corrected chi connectivity index (χ4v) is 10.3. The lowest BCUT2D eigenvalue weighted by Crippen LogP contribution is -2.57. The van der Waals surface area contributed by atoms with Gasteiger partial charge in [-0.3, -0.25) is 0 Å². The number of hydrogen-bond acceptors (Lipinski definition) is 0. The van der Waals surface area contributed by atoms with Gasteiger partial charge < -0.3 is 0 Å². The maximum atomic E-state index is 2.75. The average Bonchev–Trinajstić information content (AvgIpc) is 3.06. The van der Waals surface area contributed by atoms with Crippen molar-refractivity contribution in [1.29, 1.82) is 0 Å². The van der Waals surface area contributed by atoms with E-state index in [1.807, 2.05) is 0 Å². The minimum atomic E-state index is 0.616. The van der Waals surface area contributed by atoms with Gasteiger partial charge in [-0.25, -0.2) is 0 Å². The van der Waals surface area contributed by atoms with Crippen molar-refractivity contribution in [2.45, 2.75) is 126 Å². The van der Waals surface area contributed by atoms with Crippen LogP contribution < -0.4 is 0 Å². The van der Waals surface area contributed by atoms with Gasteiger partial charge >= 0.3 is 0 Å². The molecule has 4 aliphatic rings. The van der Waals surface area contributed by atoms with E-state index < -0.39 is 0 Å². The van der Waals surface area contributed by atoms with Crippen LogP contribution in [0.2, 0.25) is 0 Å². The second-order valence-electron chi connectivity index (χ2n) is 14.0. The molecule has 4 rings (SSSR count). The molecule has 0 amide bonds. The Hall–Kier alpha value is -0.260. The van der Waals surface area contributed by atoms with Crippen molar-refractivity contribution in [2.75, 3.05) is 0 Å². The molecule has 4 aliphatic carbocycles. The van der Waals surface area contributed by atoms with E-state index in [1.165, 1.54) is 64.2 Å². The van der Waals surface area contributed by atoms with Gasteiger partial charge in [-0.15, -0.1) is 0 Å². The van der Waals surface area contributed by atoms with Crippen LogP contribution in [0.15, 0.2) is 11.6 Å². The first-order valence-corrected chi connectivity index (χ1v) is 14.2. The standard InChI is InChI=1S/C31H54/c1-9-24(21(2)3)11-10-23(5)26-12-13-27-25-15-17-29(6)20-22(4)14-19-31(29,8)28(25)16-18-30(26,27)7/h9,21-23,25-28H,10-20H2,1-8H3/b24-9+. The third-order valence-corrected chi connectivity index (χ3v) is 12.4. The van der Waals surface area contributed by atoms with E-state index in [9.17, 15) is 0 Å². The molecule has 0 aliphatic heterocycles. The van der Waals surface area contributed by atoms with Crippen molar-refractivity contribution in [1.82, 2.24) is 0 Å². The van der Waals surface area contributed by atoms with Gasteiger partial charge in [0, 0.05) is 0 Å². The molecule has 178 valence electrons. The predicted octanol–water partition coefficient (Wildman–Crippen LogP) is 9.69. The second-order valence-corrected chi connectivity index (χ2v) is 14.0. The summed E-state index contributed by atoms with van der Waals surface area (Å²) in [7, 11) is 0. The topological polar surface area (TPSA) is 0 Å². The summed E-state index contributed by atoms with van der Waals surface area (Å²) in [6, 6.07) is 0. The van der Waals surface area contributed by atoms with Crippen LogP contribution in [0.25, 0.3) is 0 Å². The maximum absolute atomic E-state index is 2.75. The van der Waals surface area contributed by atoms with E-state index in [-0.39, 0.29) is 0 Å². The van der Waals surface area contributed by atoms with Crippen molar-refractivity contribution < 1.29 is 0 Å². The van der Waals surface area contributed by atoms with E-state index >= 15 is 0 Å². The van der Waals surface area contributed by atoms with E-state index in [0.717, 1.165) is 41.4 Å². The van der Waals surface area contributed by atoms with E-state index in [1.54, 1.807) is 12.0 Å². The second kappa shape index (κ2) is 8.51. The number of hydrogen-bond donors (Lipinski definition) is 0. The maximum Gasteiger partial charge on any atom is -0.0241 e. The van der Waals surface area contributed by atoms with Crippen molar-refractivity contribution in [3.05, 3.63) is 11.6 Å². The van der Waals surface area contributed by atoms with Gasteiger partial charge in [0.1, 0.15) is 0 Å². The van der Waals surface area contributed by atoms with Crippen molar-refractivity contribution in [3.63, 3.8) is 0 Å². The Morgan fingerprint density at radius 2 is 1.65 bits per heavy atom. The number of rotatable bonds is 5. The molecule has 0 nitrogen and oxygen atoms in total. The zero-order valence-corrected chi connectivity index (χ0v) is 22.4. The molecule has 0 spiro atoms. The summed E-state index contributed by atoms with van der Waals surface area (Å²) in [5.41, 5.74) is 3.54. The lowest BCUT2D eigenvalue weighted by Gasteiger charge is -2.65. The van der Waals surface area contributed by atoms with Crippen LogP contribution in [0.5, 0.6) is 0 Å². The van der Waals surface area contributed by atoms with Gasteiger partial charge in [-0.2, -0.15) is 0 Å². The van der Waals surface area contributed by atoms with E-state index in [0.29, 0.717) is 16.2 Å². The van der Waals surface area contributed by atoms with Gasteiger partial charge in [-0.05, 0) is 129 Å². The van der Waals surface area contributed by atoms with Crippen LogP contribution in [-0.2, 0) is 0 Å². The molecule has 0 N–H and O–H groups in total. The SMILES string of the molecule is C/C=C(\CCC(C)C1CCC2C3CCC4(C)CC(C)CCC4(C)C3CCC12C)C(C)C. The average molecular weight is 427 g/mol. The molecule has 0 radical (unpaired) electrons. The summed E-state index contributed by atoms with van der Waals surface area (Å²) < 4.78 is 0. The molecule has 0 aromatic heterocycles. The molecule has 0 heteroatoms. The van der Waals surface area contributed by atoms with Crippen LogP contribution in [0.3, 0.4) is 0 Å². The summed E-state index contributed by atoms with van der Waals surface area (Å²) >= 11 is 0. The minimum absolute atomic E-state index is 0.616. The minimum Gasteiger partial charge on any atom is -0.0882 e. The van der Waals surface area contributed by atoms with Gasteiger partial charge in [0.2, 0.25) is 0 Å². The summed E-state index contributed by atoms with van der Waals surface area (Å²) in [4.78, 5) is 0. The highest BCUT2D eigenvalue weighted by atomic mass is 14.7. The summed E-state index contributed by atoms with van der Waals surface area (Å²) in [6.07, 6.45) is 18.8. The van der Waals surface area contributed by atoms with Gasteiger partial charge in [0.05, 0.1) is 0 Å². The molecular formula is C31H54. The predicted molar refractivity (Wildman–Crippen MR) is 136 cm³/mol. The Labute approximate surface area is 195 Å². The van der Waals surface area contributed by atoms with Crippen LogP contribution in [0.1, 0.15) is 126 Å². The third kappa shape index (κ3) is 3.79. The number of fused-ring (bicyclic) bond motifs is 5. The van der Waals surface area contributed by atoms with Crippen LogP contribution >= 0.6 is 0 Å². The highest BCUT2D eigenvalue weighted by Gasteiger charge is 2.63. The molecule has 31 heavy (non-hydrogen) atoms. The highest BCUT2D eigenvalue weighted by Crippen LogP contribution is 2.71. The molecule has 0 aromatic rings. The highest BCUT2D eigenvalue weighted by molar-refractivity contribution is 5.13. The van der Waals surface area contributed by atoms with Gasteiger partial charge in [0.25, 0.3) is 0 Å². The Morgan fingerprint density at radius 1 is 0.903 bits per heavy atom. The molecule has 9 unspecified atom stereocenters. The quantitative estimate of drug-likeness (QED) is 0.384. The third-order valence-electron chi connectivity index (χ3n) is 12.4. The molecule has 0 aromatic carbocycles. The van der Waals surface area contributed by atoms with Crippen molar-refractivity contribution in [3.8, 4) is 0 Å². The lowest BCUT2D eigenvalue weighted by molar-refractivity contribution is -0.161. The first-order chi connectivity index (χ1) is 14.6. The first kappa shape index (κ1) is 23.9. The Bertz CT molecular complexity index is 672. The fourth-order valence-electron chi connectivity index (χ4n) is 10.3. The largest absolute Gasteiger partial charge is 0.0882 e. The monoisotopic (exact) mass is 426 g/mol. The van der Waals surface area contributed by atoms with Crippen molar-refractivity contribution in [2.24, 2.45) is 57.7 Å². The van der Waals surface area contributed by atoms with Gasteiger partial charge in [0.15, 0.2) is 0 Å². The van der Waals surface area contributed by atoms with E-state index in [2.05, 4.69) is 61.5 Å². The summed E-state index contributed by atoms with van der Waals surface area (Å²) in [5.74, 6) is 6.59. The Kier molecular flexibility index (Phi) is 6.55. The zero-order valence-electron chi connectivity index (χ0n) is 22.4. The molecule has 9 atom stereocenters. The number of allylic oxidation sites excluding steroid dienone is 2. The normalized spacial score (nSPS) is 48.8. The molecule has 4 saturated carbocycles. The van der Waals surface area contributed by atoms with E-state index in [4.69, 9.17) is 0 Å².